The van der Waals surface area contributed by atoms with Gasteiger partial charge in [0, 0.05) is 192 Å². The molecule has 2 aliphatic rings. The molecule has 690 valence electrons. The van der Waals surface area contributed by atoms with Crippen LogP contribution in [0.25, 0.3) is 223 Å². The lowest BCUT2D eigenvalue weighted by atomic mass is 10.1. The van der Waals surface area contributed by atoms with Gasteiger partial charge in [-0.05, 0) is 150 Å². The van der Waals surface area contributed by atoms with Gasteiger partial charge in [-0.25, -0.2) is 76.2 Å². The number of halogens is 6. The van der Waals surface area contributed by atoms with Crippen molar-refractivity contribution in [1.29, 1.82) is 0 Å². The van der Waals surface area contributed by atoms with Gasteiger partial charge in [0.05, 0.1) is 103 Å². The average molecular weight is 1880 g/mol. The predicted octanol–water partition coefficient (Wildman–Crippen LogP) is 20.2. The van der Waals surface area contributed by atoms with E-state index in [2.05, 4.69) is 143 Å². The molecule has 11 N–H and O–H groups in total. The minimum Gasteiger partial charge on any atom is -0.397 e. The molecule has 0 unspecified atom stereocenters. The number of nitrogens with two attached hydrogens (primary N) is 1. The minimum absolute atomic E-state index is 0.119. The molecular weight excluding hydrogens is 1800 g/mol. The lowest BCUT2D eigenvalue weighted by molar-refractivity contribution is 0.0115. The van der Waals surface area contributed by atoms with Crippen LogP contribution in [0.5, 0.6) is 0 Å². The molecule has 26 rings (SSSR count). The van der Waals surface area contributed by atoms with Crippen LogP contribution in [0.15, 0.2) is 270 Å². The fraction of sp³-hybridized carbons (Fsp3) is 0.117. The van der Waals surface area contributed by atoms with Crippen molar-refractivity contribution in [2.24, 2.45) is 5.92 Å². The van der Waals surface area contributed by atoms with E-state index in [1.165, 1.54) is 80.5 Å². The van der Waals surface area contributed by atoms with Crippen LogP contribution >= 0.6 is 0 Å². The van der Waals surface area contributed by atoms with E-state index in [0.717, 1.165) is 152 Å². The number of likely N-dealkylation sites (tertiary alicyclic amines) is 1. The number of nitrogens with zero attached hydrogens (tertiary/aromatic N) is 22. The van der Waals surface area contributed by atoms with Crippen molar-refractivity contribution in [2.45, 2.75) is 51.1 Å². The molecule has 32 nitrogen and oxygen atoms in total. The standard InChI is InChI=1S/C30H27FN8.C28H21F3N8.C23H15FN8.C22H13FN8/c31-23-7-3-6-20(9-23)25-16-34-17-26-27(25)37-30(36-26)28-24-10-22(15-35-29(24)39-38-28)21-8-19(13-33-14-21)12-32-11-18-4-1-2-5-18;29-20-3-1-2-17(7-20)22-12-33-13-23-24(22)36-27(35-23)25-21-8-19(11-34-26(21)38-37-25)18-6-16(9-32-10-18)14-39-5-4-28(30,31)15-39;24-15-3-1-12(2-4-15)18-10-27-11-19-20(18)30-23(29-19)21-17-6-14(8-28-22(17)32-31-21)13-5-16(25)9-26-7-13;23-15-3-1-2-12(4-15)17-9-24-10-18-19(17)29-22(28-18)20-16-5-13(8-27-21(16)31-30-20)14-6-25-11-26-7-14/h3,6-10,13-18,32H,1-2,4-5,11-12H2,(H,36,37)(H,35,38,39);1-3,6-13H,4-5,14-15H2,(H,35,36)(H,34,37,38);1-11H,25H2,(H,29,30)(H,28,31,32);1-11H,(H,28,29)(H,27,30,31). The normalized spacial score (nSPS) is 13.3. The first kappa shape index (κ1) is 86.8. The van der Waals surface area contributed by atoms with Crippen molar-refractivity contribution in [3.63, 3.8) is 0 Å². The zero-order chi connectivity index (χ0) is 95.2. The zero-order valence-electron chi connectivity index (χ0n) is 74.2. The van der Waals surface area contributed by atoms with Crippen LogP contribution in [0.4, 0.5) is 32.0 Å². The van der Waals surface area contributed by atoms with E-state index in [4.69, 9.17) is 25.7 Å². The van der Waals surface area contributed by atoms with Gasteiger partial charge in [0.2, 0.25) is 0 Å². The summed E-state index contributed by atoms with van der Waals surface area (Å²) >= 11 is 0. The van der Waals surface area contributed by atoms with Crippen molar-refractivity contribution in [2.75, 3.05) is 25.4 Å². The van der Waals surface area contributed by atoms with Gasteiger partial charge in [0.1, 0.15) is 52.4 Å². The van der Waals surface area contributed by atoms with E-state index in [1.807, 2.05) is 67.1 Å². The Bertz CT molecular complexity index is 8810. The number of benzene rings is 4. The number of nitrogens with one attached hydrogen (secondary N) is 9. The highest BCUT2D eigenvalue weighted by atomic mass is 19.3. The summed E-state index contributed by atoms with van der Waals surface area (Å²) in [5.41, 5.74) is 32.2. The summed E-state index contributed by atoms with van der Waals surface area (Å²) in [5, 5.41) is 36.3. The Kier molecular flexibility index (Phi) is 22.8. The van der Waals surface area contributed by atoms with E-state index >= 15 is 0 Å². The Balaban J connectivity index is 0.000000105. The van der Waals surface area contributed by atoms with Crippen LogP contribution in [-0.4, -0.2) is 176 Å². The SMILES string of the molecule is Fc1cccc(-c2cncc3[nH]c(-c4[nH]nc5ncc(-c6cncc(CN7CCC(F)(F)C7)c6)cc45)nc23)c1.Fc1cccc(-c2cncc3[nH]c(-c4[nH]nc5ncc(-c6cncc(CNCC7CCCC7)c6)cc45)nc23)c1.Fc1cccc(-c2cncc3[nH]c(-c4[nH]nc5ncc(-c6cncnc6)cc45)nc23)c1.Nc1cncc(-c2cnc3n[nH]c(-c4nc5c(-c6ccc(F)cc6)cncc5[nH]4)c3c2)c1. The van der Waals surface area contributed by atoms with Crippen LogP contribution in [0.3, 0.4) is 0 Å². The van der Waals surface area contributed by atoms with Gasteiger partial charge in [-0.2, -0.15) is 20.4 Å². The minimum atomic E-state index is -2.64. The number of pyridine rings is 11. The number of hydrogen-bond donors (Lipinski definition) is 10. The maximum Gasteiger partial charge on any atom is 0.261 e. The first-order chi connectivity index (χ1) is 69.0. The molecule has 20 aromatic heterocycles. The van der Waals surface area contributed by atoms with E-state index in [9.17, 15) is 26.3 Å². The smallest absolute Gasteiger partial charge is 0.261 e. The van der Waals surface area contributed by atoms with Crippen LogP contribution in [0.2, 0.25) is 0 Å². The molecule has 0 atom stereocenters. The number of fused-ring (bicyclic) bond motifs is 8. The molecule has 1 aliphatic heterocycles. The molecule has 0 amide bonds. The summed E-state index contributed by atoms with van der Waals surface area (Å²) in [6, 6.07) is 39.3. The van der Waals surface area contributed by atoms with Crippen molar-refractivity contribution in [3.05, 3.63) is 304 Å². The molecule has 141 heavy (non-hydrogen) atoms. The highest BCUT2D eigenvalue weighted by molar-refractivity contribution is 6.02. The number of rotatable bonds is 18. The van der Waals surface area contributed by atoms with Crippen molar-refractivity contribution < 1.29 is 26.3 Å². The third-order valence-corrected chi connectivity index (χ3v) is 24.9. The molecule has 24 aromatic rings. The van der Waals surface area contributed by atoms with E-state index in [-0.39, 0.29) is 36.2 Å². The van der Waals surface area contributed by atoms with Gasteiger partial charge in [0.25, 0.3) is 5.92 Å². The second-order valence-corrected chi connectivity index (χ2v) is 34.4. The number of nitrogen functional groups attached to an aromatic ring is 1. The molecule has 1 saturated heterocycles. The Morgan fingerprint density at radius 3 is 1.11 bits per heavy atom. The Labute approximate surface area is 793 Å². The molecule has 4 aromatic carbocycles. The molecule has 1 aliphatic carbocycles. The second-order valence-electron chi connectivity index (χ2n) is 34.4. The first-order valence-electron chi connectivity index (χ1n) is 45.0. The van der Waals surface area contributed by atoms with E-state index in [1.54, 1.807) is 141 Å². The van der Waals surface area contributed by atoms with Gasteiger partial charge in [-0.1, -0.05) is 61.4 Å². The Morgan fingerprint density at radius 2 is 0.709 bits per heavy atom. The first-order valence-corrected chi connectivity index (χ1v) is 45.0. The largest absolute Gasteiger partial charge is 0.397 e. The summed E-state index contributed by atoms with van der Waals surface area (Å²) in [6.45, 7) is 2.38. The average Bonchev–Trinajstić information content (AvgIpc) is 1.63. The summed E-state index contributed by atoms with van der Waals surface area (Å²) in [6.07, 6.45) is 41.3. The number of imidazole rings is 4. The molecule has 1 saturated carbocycles. The van der Waals surface area contributed by atoms with Gasteiger partial charge in [-0.15, -0.1) is 0 Å². The second kappa shape index (κ2) is 37.1. The highest BCUT2D eigenvalue weighted by Crippen LogP contribution is 2.41. The van der Waals surface area contributed by atoms with Gasteiger partial charge in [0.15, 0.2) is 45.9 Å². The van der Waals surface area contributed by atoms with E-state index in [0.29, 0.717) is 121 Å². The van der Waals surface area contributed by atoms with Crippen LogP contribution in [0, 0.1) is 29.2 Å². The van der Waals surface area contributed by atoms with Gasteiger partial charge >= 0.3 is 0 Å². The highest BCUT2D eigenvalue weighted by Gasteiger charge is 2.38. The molecule has 0 bridgehead atoms. The summed E-state index contributed by atoms with van der Waals surface area (Å²) < 4.78 is 82.2. The number of hydrogen-bond acceptors (Lipinski definition) is 24. The lowest BCUT2D eigenvalue weighted by Crippen LogP contribution is -2.24. The zero-order valence-corrected chi connectivity index (χ0v) is 74.2. The van der Waals surface area contributed by atoms with Gasteiger partial charge in [-0.3, -0.25) is 60.2 Å². The monoisotopic (exact) mass is 1870 g/mol. The summed E-state index contributed by atoms with van der Waals surface area (Å²) in [7, 11) is 0. The predicted molar refractivity (Wildman–Crippen MR) is 522 cm³/mol. The molecular formula is C103H76F6N32. The fourth-order valence-electron chi connectivity index (χ4n) is 18.0. The third-order valence-electron chi connectivity index (χ3n) is 24.9. The molecule has 0 spiro atoms. The van der Waals surface area contributed by atoms with Crippen LogP contribution < -0.4 is 11.1 Å². The van der Waals surface area contributed by atoms with E-state index < -0.39 is 5.92 Å². The van der Waals surface area contributed by atoms with Crippen molar-refractivity contribution >= 4 is 94.0 Å². The van der Waals surface area contributed by atoms with Crippen molar-refractivity contribution in [1.82, 2.24) is 156 Å². The Morgan fingerprint density at radius 1 is 0.348 bits per heavy atom. The fourth-order valence-corrected chi connectivity index (χ4v) is 18.0. The topological polar surface area (TPSA) is 438 Å². The lowest BCUT2D eigenvalue weighted by Gasteiger charge is -2.15. The summed E-state index contributed by atoms with van der Waals surface area (Å²) in [4.78, 5) is 90.5. The molecule has 38 heteroatoms. The summed E-state index contributed by atoms with van der Waals surface area (Å²) in [5.74, 6) is -0.743. The Hall–Kier alpha value is -18.3. The third kappa shape index (κ3) is 17.9. The molecule has 21 heterocycles. The molecule has 2 fully saturated rings. The number of anilines is 1. The molecule has 0 radical (unpaired) electrons. The number of alkyl halides is 2. The van der Waals surface area contributed by atoms with Crippen LogP contribution in [0.1, 0.15) is 43.2 Å². The van der Waals surface area contributed by atoms with Crippen molar-refractivity contribution in [3.8, 4) is 135 Å². The maximum absolute atomic E-state index is 13.9. The van der Waals surface area contributed by atoms with Gasteiger partial charge < -0.3 is 31.0 Å². The quantitative estimate of drug-likeness (QED) is 0.0357. The maximum atomic E-state index is 13.9. The number of aromatic nitrogens is 29. The van der Waals surface area contributed by atoms with Crippen LogP contribution in [-0.2, 0) is 13.1 Å². The number of aromatic amines is 8. The number of H-pyrrole nitrogens is 8.